The standard InChI is InChI=1S/C14H19F3N2O/c1-20-13-5-4-12(18)7-10(13)8-19-6-2-3-11(9-19)14(15,16)17/h4-5,7,11H,2-3,6,8-9,18H2,1H3. The lowest BCUT2D eigenvalue weighted by Gasteiger charge is -2.34. The van der Waals surface area contributed by atoms with Gasteiger partial charge in [-0.2, -0.15) is 13.2 Å². The average Bonchev–Trinajstić information content (AvgIpc) is 2.38. The van der Waals surface area contributed by atoms with E-state index < -0.39 is 12.1 Å². The van der Waals surface area contributed by atoms with Crippen LogP contribution in [0.4, 0.5) is 18.9 Å². The van der Waals surface area contributed by atoms with Gasteiger partial charge in [-0.15, -0.1) is 0 Å². The normalized spacial score (nSPS) is 20.9. The van der Waals surface area contributed by atoms with Crippen molar-refractivity contribution in [2.24, 2.45) is 5.92 Å². The van der Waals surface area contributed by atoms with Crippen molar-refractivity contribution in [2.45, 2.75) is 25.6 Å². The lowest BCUT2D eigenvalue weighted by molar-refractivity contribution is -0.187. The molecule has 0 spiro atoms. The number of rotatable bonds is 3. The zero-order valence-corrected chi connectivity index (χ0v) is 11.4. The minimum atomic E-state index is -4.11. The Morgan fingerprint density at radius 1 is 1.40 bits per heavy atom. The predicted molar refractivity (Wildman–Crippen MR) is 71.5 cm³/mol. The first-order chi connectivity index (χ1) is 9.40. The molecule has 1 heterocycles. The molecule has 1 fully saturated rings. The van der Waals surface area contributed by atoms with E-state index in [0.29, 0.717) is 30.9 Å². The minimum absolute atomic E-state index is 0.0431. The monoisotopic (exact) mass is 288 g/mol. The van der Waals surface area contributed by atoms with Crippen LogP contribution >= 0.6 is 0 Å². The lowest BCUT2D eigenvalue weighted by Crippen LogP contribution is -2.41. The van der Waals surface area contributed by atoms with Crippen LogP contribution in [0.25, 0.3) is 0 Å². The van der Waals surface area contributed by atoms with E-state index in [2.05, 4.69) is 0 Å². The molecular formula is C14H19F3N2O. The van der Waals surface area contributed by atoms with E-state index in [-0.39, 0.29) is 13.0 Å². The Bertz CT molecular complexity index is 462. The average molecular weight is 288 g/mol. The first-order valence-corrected chi connectivity index (χ1v) is 6.61. The molecule has 1 saturated heterocycles. The van der Waals surface area contributed by atoms with Gasteiger partial charge in [0.1, 0.15) is 5.75 Å². The van der Waals surface area contributed by atoms with Gasteiger partial charge in [-0.25, -0.2) is 0 Å². The van der Waals surface area contributed by atoms with Crippen molar-refractivity contribution in [1.29, 1.82) is 0 Å². The van der Waals surface area contributed by atoms with Crippen molar-refractivity contribution in [1.82, 2.24) is 4.90 Å². The minimum Gasteiger partial charge on any atom is -0.496 e. The second-order valence-electron chi connectivity index (χ2n) is 5.19. The summed E-state index contributed by atoms with van der Waals surface area (Å²) in [5.41, 5.74) is 7.15. The highest BCUT2D eigenvalue weighted by molar-refractivity contribution is 5.47. The SMILES string of the molecule is COc1ccc(N)cc1CN1CCCC(C(F)(F)F)C1. The van der Waals surface area contributed by atoms with Crippen LogP contribution < -0.4 is 10.5 Å². The first-order valence-electron chi connectivity index (χ1n) is 6.61. The van der Waals surface area contributed by atoms with Crippen LogP contribution in [-0.4, -0.2) is 31.3 Å². The number of ether oxygens (including phenoxy) is 1. The molecule has 1 aromatic carbocycles. The number of alkyl halides is 3. The van der Waals surface area contributed by atoms with Crippen LogP contribution in [0.15, 0.2) is 18.2 Å². The number of anilines is 1. The molecule has 0 aromatic heterocycles. The lowest BCUT2D eigenvalue weighted by atomic mass is 9.97. The summed E-state index contributed by atoms with van der Waals surface area (Å²) < 4.78 is 43.6. The van der Waals surface area contributed by atoms with Crippen LogP contribution in [0.5, 0.6) is 5.75 Å². The molecule has 20 heavy (non-hydrogen) atoms. The summed E-state index contributed by atoms with van der Waals surface area (Å²) in [7, 11) is 1.55. The maximum atomic E-state index is 12.8. The predicted octanol–water partition coefficient (Wildman–Crippen LogP) is 3.05. The Hall–Kier alpha value is -1.43. The summed E-state index contributed by atoms with van der Waals surface area (Å²) in [6.45, 7) is 1.15. The van der Waals surface area contributed by atoms with Gasteiger partial charge in [-0.05, 0) is 37.6 Å². The molecule has 6 heteroatoms. The summed E-state index contributed by atoms with van der Waals surface area (Å²) >= 11 is 0. The third kappa shape index (κ3) is 3.56. The van der Waals surface area contributed by atoms with Crippen molar-refractivity contribution in [3.8, 4) is 5.75 Å². The number of benzene rings is 1. The fourth-order valence-electron chi connectivity index (χ4n) is 2.63. The first kappa shape index (κ1) is 15.0. The van der Waals surface area contributed by atoms with E-state index in [9.17, 15) is 13.2 Å². The Labute approximate surface area is 116 Å². The number of nitrogen functional groups attached to an aromatic ring is 1. The number of nitrogens with two attached hydrogens (primary N) is 1. The van der Waals surface area contributed by atoms with Gasteiger partial charge in [-0.1, -0.05) is 0 Å². The highest BCUT2D eigenvalue weighted by Gasteiger charge is 2.41. The molecule has 1 aromatic rings. The Morgan fingerprint density at radius 3 is 2.80 bits per heavy atom. The molecule has 112 valence electrons. The quantitative estimate of drug-likeness (QED) is 0.869. The molecule has 0 bridgehead atoms. The number of piperidine rings is 1. The number of halogens is 3. The Kier molecular flexibility index (Phi) is 4.42. The number of hydrogen-bond donors (Lipinski definition) is 1. The van der Waals surface area contributed by atoms with E-state index >= 15 is 0 Å². The van der Waals surface area contributed by atoms with E-state index in [1.54, 1.807) is 25.3 Å². The fourth-order valence-corrected chi connectivity index (χ4v) is 2.63. The molecule has 1 unspecified atom stereocenters. The molecule has 2 N–H and O–H groups in total. The second kappa shape index (κ2) is 5.91. The second-order valence-corrected chi connectivity index (χ2v) is 5.19. The molecule has 0 saturated carbocycles. The number of methoxy groups -OCH3 is 1. The third-order valence-corrected chi connectivity index (χ3v) is 3.67. The highest BCUT2D eigenvalue weighted by Crippen LogP contribution is 2.34. The van der Waals surface area contributed by atoms with Crippen molar-refractivity contribution in [3.63, 3.8) is 0 Å². The molecule has 1 aliphatic heterocycles. The smallest absolute Gasteiger partial charge is 0.393 e. The van der Waals surface area contributed by atoms with E-state index in [4.69, 9.17) is 10.5 Å². The van der Waals surface area contributed by atoms with E-state index in [1.165, 1.54) is 0 Å². The van der Waals surface area contributed by atoms with Crippen LogP contribution in [-0.2, 0) is 6.54 Å². The molecule has 1 aliphatic rings. The van der Waals surface area contributed by atoms with Gasteiger partial charge in [-0.3, -0.25) is 4.90 Å². The number of hydrogen-bond acceptors (Lipinski definition) is 3. The van der Waals surface area contributed by atoms with Gasteiger partial charge in [0.2, 0.25) is 0 Å². The maximum absolute atomic E-state index is 12.8. The Balaban J connectivity index is 2.08. The van der Waals surface area contributed by atoms with Gasteiger partial charge in [0.25, 0.3) is 0 Å². The van der Waals surface area contributed by atoms with Crippen LogP contribution in [0.2, 0.25) is 0 Å². The van der Waals surface area contributed by atoms with Crippen LogP contribution in [0.1, 0.15) is 18.4 Å². The molecule has 0 radical (unpaired) electrons. The summed E-state index contributed by atoms with van der Waals surface area (Å²) in [4.78, 5) is 1.82. The topological polar surface area (TPSA) is 38.5 Å². The van der Waals surface area contributed by atoms with Gasteiger partial charge < -0.3 is 10.5 Å². The summed E-state index contributed by atoms with van der Waals surface area (Å²) in [6, 6.07) is 5.23. The van der Waals surface area contributed by atoms with Crippen molar-refractivity contribution in [3.05, 3.63) is 23.8 Å². The van der Waals surface area contributed by atoms with Crippen LogP contribution in [0, 0.1) is 5.92 Å². The molecular weight excluding hydrogens is 269 g/mol. The highest BCUT2D eigenvalue weighted by atomic mass is 19.4. The molecule has 2 rings (SSSR count). The van der Waals surface area contributed by atoms with Crippen molar-refractivity contribution < 1.29 is 17.9 Å². The largest absolute Gasteiger partial charge is 0.496 e. The Morgan fingerprint density at radius 2 is 2.15 bits per heavy atom. The number of likely N-dealkylation sites (tertiary alicyclic amines) is 1. The van der Waals surface area contributed by atoms with Crippen molar-refractivity contribution in [2.75, 3.05) is 25.9 Å². The fraction of sp³-hybridized carbons (Fsp3) is 0.571. The van der Waals surface area contributed by atoms with Crippen LogP contribution in [0.3, 0.4) is 0 Å². The number of nitrogens with zero attached hydrogens (tertiary/aromatic N) is 1. The summed E-state index contributed by atoms with van der Waals surface area (Å²) in [5.74, 6) is -0.573. The van der Waals surface area contributed by atoms with Gasteiger partial charge in [0.15, 0.2) is 0 Å². The zero-order valence-electron chi connectivity index (χ0n) is 11.4. The summed E-state index contributed by atoms with van der Waals surface area (Å²) in [5, 5.41) is 0. The zero-order chi connectivity index (χ0) is 14.8. The summed E-state index contributed by atoms with van der Waals surface area (Å²) in [6.07, 6.45) is -3.33. The van der Waals surface area contributed by atoms with Crippen molar-refractivity contribution >= 4 is 5.69 Å². The third-order valence-electron chi connectivity index (χ3n) is 3.67. The molecule has 0 aliphatic carbocycles. The van der Waals surface area contributed by atoms with Gasteiger partial charge >= 0.3 is 6.18 Å². The molecule has 0 amide bonds. The van der Waals surface area contributed by atoms with E-state index in [0.717, 1.165) is 5.56 Å². The molecule has 3 nitrogen and oxygen atoms in total. The van der Waals surface area contributed by atoms with Gasteiger partial charge in [0.05, 0.1) is 13.0 Å². The molecule has 1 atom stereocenters. The van der Waals surface area contributed by atoms with E-state index in [1.807, 2.05) is 4.90 Å². The maximum Gasteiger partial charge on any atom is 0.393 e. The van der Waals surface area contributed by atoms with Gasteiger partial charge in [0, 0.05) is 24.3 Å².